The van der Waals surface area contributed by atoms with Gasteiger partial charge in [-0.1, -0.05) is 6.08 Å². The summed E-state index contributed by atoms with van der Waals surface area (Å²) in [6.45, 7) is 5.23. The smallest absolute Gasteiger partial charge is 0.322 e. The molecular weight excluding hydrogens is 216 g/mol. The lowest BCUT2D eigenvalue weighted by atomic mass is 10.0. The number of halogens is 2. The number of hydrogen-bond donors (Lipinski definition) is 1. The van der Waals surface area contributed by atoms with Crippen LogP contribution in [0.4, 0.5) is 8.78 Å². The van der Waals surface area contributed by atoms with Gasteiger partial charge in [-0.25, -0.2) is 8.78 Å². The fourth-order valence-corrected chi connectivity index (χ4v) is 1.17. The van der Waals surface area contributed by atoms with Crippen molar-refractivity contribution in [1.29, 1.82) is 0 Å². The van der Waals surface area contributed by atoms with Gasteiger partial charge in [0.1, 0.15) is 6.04 Å². The van der Waals surface area contributed by atoms with E-state index in [1.807, 2.05) is 0 Å². The van der Waals surface area contributed by atoms with Crippen molar-refractivity contribution < 1.29 is 18.3 Å². The third kappa shape index (κ3) is 6.50. The van der Waals surface area contributed by atoms with Gasteiger partial charge in [-0.15, -0.1) is 6.58 Å². The van der Waals surface area contributed by atoms with E-state index in [1.54, 1.807) is 6.92 Å². The molecule has 0 rings (SSSR count). The Bertz CT molecular complexity index is 232. The maximum Gasteiger partial charge on any atom is 0.322 e. The Morgan fingerprint density at radius 2 is 2.19 bits per heavy atom. The molecule has 94 valence electrons. The maximum absolute atomic E-state index is 13.2. The van der Waals surface area contributed by atoms with Crippen LogP contribution in [0.5, 0.6) is 0 Å². The van der Waals surface area contributed by atoms with E-state index >= 15 is 0 Å². The molecule has 0 radical (unpaired) electrons. The molecule has 0 saturated heterocycles. The van der Waals surface area contributed by atoms with Crippen LogP contribution in [0.15, 0.2) is 12.7 Å². The molecule has 0 aromatic rings. The van der Waals surface area contributed by atoms with Gasteiger partial charge in [0.05, 0.1) is 6.61 Å². The van der Waals surface area contributed by atoms with Gasteiger partial charge in [0, 0.05) is 12.8 Å². The van der Waals surface area contributed by atoms with E-state index in [4.69, 9.17) is 5.73 Å². The molecule has 16 heavy (non-hydrogen) atoms. The molecule has 0 spiro atoms. The zero-order valence-electron chi connectivity index (χ0n) is 9.55. The van der Waals surface area contributed by atoms with Gasteiger partial charge in [0.15, 0.2) is 0 Å². The third-order valence-electron chi connectivity index (χ3n) is 2.12. The number of ether oxygens (including phenoxy) is 1. The summed E-state index contributed by atoms with van der Waals surface area (Å²) in [7, 11) is 0. The van der Waals surface area contributed by atoms with Crippen LogP contribution in [0.1, 0.15) is 32.6 Å². The standard InChI is InChI=1S/C11H19F2NO2/c1-3-5-7-11(12,13)8-6-9(14)10(15)16-4-2/h3,9H,1,4-8,14H2,2H3/t9-/m1/s1. The number of rotatable bonds is 8. The van der Waals surface area contributed by atoms with Crippen molar-refractivity contribution >= 4 is 5.97 Å². The number of nitrogens with two attached hydrogens (primary N) is 1. The quantitative estimate of drug-likeness (QED) is 0.518. The first-order valence-electron chi connectivity index (χ1n) is 5.34. The lowest BCUT2D eigenvalue weighted by Gasteiger charge is -2.17. The van der Waals surface area contributed by atoms with Crippen molar-refractivity contribution in [2.24, 2.45) is 5.73 Å². The minimum atomic E-state index is -2.79. The lowest BCUT2D eigenvalue weighted by molar-refractivity contribution is -0.145. The number of carbonyl (C=O) groups excluding carboxylic acids is 1. The molecule has 0 aromatic carbocycles. The van der Waals surface area contributed by atoms with Crippen LogP contribution in [0, 0.1) is 0 Å². The van der Waals surface area contributed by atoms with Crippen molar-refractivity contribution in [3.63, 3.8) is 0 Å². The van der Waals surface area contributed by atoms with E-state index in [0.29, 0.717) is 0 Å². The van der Waals surface area contributed by atoms with Crippen LogP contribution in [0.3, 0.4) is 0 Å². The van der Waals surface area contributed by atoms with Crippen LogP contribution >= 0.6 is 0 Å². The fraction of sp³-hybridized carbons (Fsp3) is 0.727. The summed E-state index contributed by atoms with van der Waals surface area (Å²) in [5.41, 5.74) is 5.41. The molecule has 5 heteroatoms. The summed E-state index contributed by atoms with van der Waals surface area (Å²) in [5, 5.41) is 0. The molecule has 0 unspecified atom stereocenters. The number of alkyl halides is 2. The largest absolute Gasteiger partial charge is 0.465 e. The monoisotopic (exact) mass is 235 g/mol. The number of allylic oxidation sites excluding steroid dienone is 1. The second kappa shape index (κ2) is 7.33. The molecule has 2 N–H and O–H groups in total. The molecule has 0 saturated carbocycles. The highest BCUT2D eigenvalue weighted by molar-refractivity contribution is 5.75. The van der Waals surface area contributed by atoms with Crippen molar-refractivity contribution in [3.05, 3.63) is 12.7 Å². The van der Waals surface area contributed by atoms with Crippen LogP contribution in [0.2, 0.25) is 0 Å². The average Bonchev–Trinajstić information content (AvgIpc) is 2.23. The lowest BCUT2D eigenvalue weighted by Crippen LogP contribution is -2.34. The van der Waals surface area contributed by atoms with Gasteiger partial charge >= 0.3 is 5.97 Å². The Balaban J connectivity index is 3.93. The highest BCUT2D eigenvalue weighted by atomic mass is 19.3. The SMILES string of the molecule is C=CCCC(F)(F)CC[C@@H](N)C(=O)OCC. The molecule has 0 aliphatic rings. The van der Waals surface area contributed by atoms with Gasteiger partial charge in [0.2, 0.25) is 5.92 Å². The second-order valence-electron chi connectivity index (χ2n) is 3.58. The predicted molar refractivity (Wildman–Crippen MR) is 58.2 cm³/mol. The van der Waals surface area contributed by atoms with E-state index in [1.165, 1.54) is 6.08 Å². The zero-order valence-corrected chi connectivity index (χ0v) is 9.55. The molecule has 0 fully saturated rings. The number of hydrogen-bond acceptors (Lipinski definition) is 3. The Labute approximate surface area is 94.6 Å². The van der Waals surface area contributed by atoms with E-state index in [-0.39, 0.29) is 25.9 Å². The van der Waals surface area contributed by atoms with E-state index in [9.17, 15) is 13.6 Å². The zero-order chi connectivity index (χ0) is 12.6. The van der Waals surface area contributed by atoms with Crippen LogP contribution < -0.4 is 5.73 Å². The normalized spacial score (nSPS) is 13.2. The van der Waals surface area contributed by atoms with Crippen molar-refractivity contribution in [2.75, 3.05) is 6.61 Å². The van der Waals surface area contributed by atoms with Gasteiger partial charge in [0.25, 0.3) is 0 Å². The average molecular weight is 235 g/mol. The number of carbonyl (C=O) groups is 1. The highest BCUT2D eigenvalue weighted by Gasteiger charge is 2.29. The van der Waals surface area contributed by atoms with E-state index in [0.717, 1.165) is 0 Å². The number of esters is 1. The molecule has 0 aromatic heterocycles. The molecule has 0 heterocycles. The molecule has 3 nitrogen and oxygen atoms in total. The summed E-state index contributed by atoms with van der Waals surface area (Å²) in [6, 6.07) is -0.963. The Hall–Kier alpha value is -0.970. The van der Waals surface area contributed by atoms with Crippen LogP contribution in [-0.4, -0.2) is 24.5 Å². The van der Waals surface area contributed by atoms with Crippen LogP contribution in [0.25, 0.3) is 0 Å². The van der Waals surface area contributed by atoms with Crippen LogP contribution in [-0.2, 0) is 9.53 Å². The predicted octanol–water partition coefficient (Wildman–Crippen LogP) is 2.26. The first kappa shape index (κ1) is 15.0. The Kier molecular flexibility index (Phi) is 6.88. The minimum absolute atomic E-state index is 0.0665. The topological polar surface area (TPSA) is 52.3 Å². The summed E-state index contributed by atoms with van der Waals surface area (Å²) in [4.78, 5) is 11.1. The minimum Gasteiger partial charge on any atom is -0.465 e. The molecular formula is C11H19F2NO2. The summed E-state index contributed by atoms with van der Waals surface area (Å²) >= 11 is 0. The summed E-state index contributed by atoms with van der Waals surface area (Å²) in [5.74, 6) is -3.42. The summed E-state index contributed by atoms with van der Waals surface area (Å²) in [6.07, 6.45) is 0.969. The van der Waals surface area contributed by atoms with Gasteiger partial charge in [-0.3, -0.25) is 4.79 Å². The van der Waals surface area contributed by atoms with Gasteiger partial charge < -0.3 is 10.5 Å². The van der Waals surface area contributed by atoms with Crippen molar-refractivity contribution in [3.8, 4) is 0 Å². The van der Waals surface area contributed by atoms with Crippen molar-refractivity contribution in [2.45, 2.75) is 44.6 Å². The summed E-state index contributed by atoms with van der Waals surface area (Å²) < 4.78 is 31.0. The third-order valence-corrected chi connectivity index (χ3v) is 2.12. The molecule has 0 aliphatic carbocycles. The first-order chi connectivity index (χ1) is 7.43. The fourth-order valence-electron chi connectivity index (χ4n) is 1.17. The molecule has 0 bridgehead atoms. The van der Waals surface area contributed by atoms with Gasteiger partial charge in [-0.05, 0) is 19.8 Å². The molecule has 0 aliphatic heterocycles. The van der Waals surface area contributed by atoms with E-state index < -0.39 is 24.4 Å². The molecule has 1 atom stereocenters. The Morgan fingerprint density at radius 1 is 1.56 bits per heavy atom. The molecule has 0 amide bonds. The highest BCUT2D eigenvalue weighted by Crippen LogP contribution is 2.26. The first-order valence-corrected chi connectivity index (χ1v) is 5.34. The Morgan fingerprint density at radius 3 is 2.69 bits per heavy atom. The maximum atomic E-state index is 13.2. The van der Waals surface area contributed by atoms with Gasteiger partial charge in [-0.2, -0.15) is 0 Å². The second-order valence-corrected chi connectivity index (χ2v) is 3.58. The van der Waals surface area contributed by atoms with Crippen molar-refractivity contribution in [1.82, 2.24) is 0 Å². The van der Waals surface area contributed by atoms with E-state index in [2.05, 4.69) is 11.3 Å².